The lowest BCUT2D eigenvalue weighted by atomic mass is 10.2. The van der Waals surface area contributed by atoms with Crippen molar-refractivity contribution in [2.24, 2.45) is 0 Å². The summed E-state index contributed by atoms with van der Waals surface area (Å²) in [5, 5.41) is 6.10. The third-order valence-corrected chi connectivity index (χ3v) is 5.66. The van der Waals surface area contributed by atoms with Gasteiger partial charge in [-0.05, 0) is 67.1 Å². The standard InChI is InChI=1S/C22H22FN3O3S/c23-18-9-13-21(14-10-18)30(28,29)26-20-11-7-17(8-12-20)22(27)25-16-4-15-24-19-5-2-1-3-6-19/h1-3,5-14,24,26H,4,15-16H2,(H,25,27). The number of hydrogen-bond donors (Lipinski definition) is 3. The van der Waals surface area contributed by atoms with Crippen LogP contribution in [0.1, 0.15) is 16.8 Å². The van der Waals surface area contributed by atoms with E-state index in [0.29, 0.717) is 17.8 Å². The van der Waals surface area contributed by atoms with Crippen LogP contribution in [0.2, 0.25) is 0 Å². The minimum Gasteiger partial charge on any atom is -0.385 e. The fourth-order valence-corrected chi connectivity index (χ4v) is 3.76. The quantitative estimate of drug-likeness (QED) is 0.453. The molecule has 0 saturated heterocycles. The Bertz CT molecular complexity index is 1070. The molecule has 156 valence electrons. The summed E-state index contributed by atoms with van der Waals surface area (Å²) in [5.74, 6) is -0.747. The number of nitrogens with one attached hydrogen (secondary N) is 3. The van der Waals surface area contributed by atoms with Crippen molar-refractivity contribution in [1.82, 2.24) is 5.32 Å². The third kappa shape index (κ3) is 6.05. The Labute approximate surface area is 175 Å². The zero-order valence-electron chi connectivity index (χ0n) is 16.1. The van der Waals surface area contributed by atoms with Crippen LogP contribution in [0.4, 0.5) is 15.8 Å². The molecule has 0 aliphatic rings. The van der Waals surface area contributed by atoms with Gasteiger partial charge in [-0.15, -0.1) is 0 Å². The summed E-state index contributed by atoms with van der Waals surface area (Å²) in [7, 11) is -3.83. The minimum absolute atomic E-state index is 0.0465. The zero-order valence-corrected chi connectivity index (χ0v) is 17.0. The van der Waals surface area contributed by atoms with Gasteiger partial charge >= 0.3 is 0 Å². The lowest BCUT2D eigenvalue weighted by Gasteiger charge is -2.10. The normalized spacial score (nSPS) is 11.0. The summed E-state index contributed by atoms with van der Waals surface area (Å²) in [6.45, 7) is 1.24. The summed E-state index contributed by atoms with van der Waals surface area (Å²) >= 11 is 0. The first-order valence-electron chi connectivity index (χ1n) is 9.40. The maximum atomic E-state index is 13.0. The fourth-order valence-electron chi connectivity index (χ4n) is 2.70. The van der Waals surface area contributed by atoms with E-state index in [-0.39, 0.29) is 10.8 Å². The van der Waals surface area contributed by atoms with Crippen molar-refractivity contribution in [2.45, 2.75) is 11.3 Å². The molecule has 8 heteroatoms. The van der Waals surface area contributed by atoms with E-state index in [9.17, 15) is 17.6 Å². The molecule has 0 heterocycles. The molecule has 1 amide bonds. The average molecular weight is 428 g/mol. The molecule has 0 aromatic heterocycles. The van der Waals surface area contributed by atoms with E-state index in [1.807, 2.05) is 30.3 Å². The van der Waals surface area contributed by atoms with Crippen LogP contribution in [0, 0.1) is 5.82 Å². The highest BCUT2D eigenvalue weighted by atomic mass is 32.2. The molecular weight excluding hydrogens is 405 g/mol. The van der Waals surface area contributed by atoms with Gasteiger partial charge in [0.2, 0.25) is 0 Å². The molecular formula is C22H22FN3O3S. The highest BCUT2D eigenvalue weighted by Gasteiger charge is 2.14. The van der Waals surface area contributed by atoms with E-state index in [0.717, 1.165) is 30.8 Å². The number of carbonyl (C=O) groups is 1. The molecule has 3 rings (SSSR count). The monoisotopic (exact) mass is 427 g/mol. The van der Waals surface area contributed by atoms with Crippen molar-refractivity contribution in [3.05, 3.63) is 90.2 Å². The first kappa shape index (κ1) is 21.3. The van der Waals surface area contributed by atoms with Crippen LogP contribution >= 0.6 is 0 Å². The Morgan fingerprint density at radius 1 is 0.800 bits per heavy atom. The molecule has 0 aliphatic heterocycles. The van der Waals surface area contributed by atoms with Crippen LogP contribution < -0.4 is 15.4 Å². The molecule has 0 aliphatic carbocycles. The first-order chi connectivity index (χ1) is 14.4. The van der Waals surface area contributed by atoms with E-state index in [4.69, 9.17) is 0 Å². The predicted molar refractivity (Wildman–Crippen MR) is 116 cm³/mol. The predicted octanol–water partition coefficient (Wildman–Crippen LogP) is 3.86. The lowest BCUT2D eigenvalue weighted by molar-refractivity contribution is 0.0953. The summed E-state index contributed by atoms with van der Waals surface area (Å²) in [6.07, 6.45) is 0.760. The molecule has 0 spiro atoms. The van der Waals surface area contributed by atoms with Gasteiger partial charge in [-0.1, -0.05) is 18.2 Å². The van der Waals surface area contributed by atoms with E-state index >= 15 is 0 Å². The molecule has 0 bridgehead atoms. The Hall–Kier alpha value is -3.39. The first-order valence-corrected chi connectivity index (χ1v) is 10.9. The Morgan fingerprint density at radius 2 is 1.47 bits per heavy atom. The third-order valence-electron chi connectivity index (χ3n) is 4.27. The number of halogens is 1. The summed E-state index contributed by atoms with van der Waals surface area (Å²) in [6, 6.07) is 20.4. The number of amides is 1. The van der Waals surface area contributed by atoms with Gasteiger partial charge in [-0.25, -0.2) is 12.8 Å². The van der Waals surface area contributed by atoms with Crippen LogP contribution in [0.3, 0.4) is 0 Å². The second-order valence-corrected chi connectivity index (χ2v) is 8.22. The summed E-state index contributed by atoms with van der Waals surface area (Å²) in [5.41, 5.74) is 1.76. The largest absolute Gasteiger partial charge is 0.385 e. The fraction of sp³-hybridized carbons (Fsp3) is 0.136. The molecule has 3 aromatic rings. The van der Waals surface area contributed by atoms with Gasteiger partial charge in [0.1, 0.15) is 5.82 Å². The topological polar surface area (TPSA) is 87.3 Å². The molecule has 0 radical (unpaired) electrons. The zero-order chi connectivity index (χ0) is 21.4. The molecule has 6 nitrogen and oxygen atoms in total. The van der Waals surface area contributed by atoms with Crippen molar-refractivity contribution in [3.63, 3.8) is 0 Å². The molecule has 0 unspecified atom stereocenters. The smallest absolute Gasteiger partial charge is 0.261 e. The van der Waals surface area contributed by atoms with Crippen molar-refractivity contribution < 1.29 is 17.6 Å². The maximum Gasteiger partial charge on any atom is 0.261 e. The summed E-state index contributed by atoms with van der Waals surface area (Å²) < 4.78 is 40.0. The van der Waals surface area contributed by atoms with Crippen LogP contribution in [-0.2, 0) is 10.0 Å². The second kappa shape index (κ2) is 9.89. The lowest BCUT2D eigenvalue weighted by Crippen LogP contribution is -2.25. The van der Waals surface area contributed by atoms with Crippen molar-refractivity contribution in [2.75, 3.05) is 23.1 Å². The van der Waals surface area contributed by atoms with E-state index in [2.05, 4.69) is 15.4 Å². The molecule has 3 N–H and O–H groups in total. The Morgan fingerprint density at radius 3 is 2.13 bits per heavy atom. The van der Waals surface area contributed by atoms with Crippen LogP contribution in [-0.4, -0.2) is 27.4 Å². The van der Waals surface area contributed by atoms with Gasteiger partial charge in [0.25, 0.3) is 15.9 Å². The van der Waals surface area contributed by atoms with Gasteiger partial charge in [0.05, 0.1) is 4.90 Å². The van der Waals surface area contributed by atoms with E-state index in [1.165, 1.54) is 24.3 Å². The number of benzene rings is 3. The van der Waals surface area contributed by atoms with E-state index in [1.54, 1.807) is 12.1 Å². The van der Waals surface area contributed by atoms with E-state index < -0.39 is 15.8 Å². The number of rotatable bonds is 9. The van der Waals surface area contributed by atoms with Gasteiger partial charge in [0.15, 0.2) is 0 Å². The Balaban J connectivity index is 1.47. The van der Waals surface area contributed by atoms with Gasteiger partial charge < -0.3 is 10.6 Å². The van der Waals surface area contributed by atoms with Gasteiger partial charge in [-0.2, -0.15) is 0 Å². The van der Waals surface area contributed by atoms with Crippen molar-refractivity contribution in [3.8, 4) is 0 Å². The molecule has 3 aromatic carbocycles. The molecule has 0 saturated carbocycles. The SMILES string of the molecule is O=C(NCCCNc1ccccc1)c1ccc(NS(=O)(=O)c2ccc(F)cc2)cc1. The molecule has 30 heavy (non-hydrogen) atoms. The Kier molecular flexibility index (Phi) is 7.03. The van der Waals surface area contributed by atoms with Gasteiger partial charge in [-0.3, -0.25) is 9.52 Å². The van der Waals surface area contributed by atoms with Crippen LogP contribution in [0.15, 0.2) is 83.8 Å². The number of para-hydroxylation sites is 1. The van der Waals surface area contributed by atoms with Crippen molar-refractivity contribution in [1.29, 1.82) is 0 Å². The summed E-state index contributed by atoms with van der Waals surface area (Å²) in [4.78, 5) is 12.2. The van der Waals surface area contributed by atoms with Crippen LogP contribution in [0.5, 0.6) is 0 Å². The second-order valence-electron chi connectivity index (χ2n) is 6.54. The average Bonchev–Trinajstić information content (AvgIpc) is 2.74. The molecule has 0 atom stereocenters. The number of hydrogen-bond acceptors (Lipinski definition) is 4. The van der Waals surface area contributed by atoms with Crippen LogP contribution in [0.25, 0.3) is 0 Å². The molecule has 0 fully saturated rings. The highest BCUT2D eigenvalue weighted by molar-refractivity contribution is 7.92. The number of anilines is 2. The number of sulfonamides is 1. The number of carbonyl (C=O) groups excluding carboxylic acids is 1. The highest BCUT2D eigenvalue weighted by Crippen LogP contribution is 2.17. The maximum absolute atomic E-state index is 13.0. The minimum atomic E-state index is -3.83. The van der Waals surface area contributed by atoms with Gasteiger partial charge in [0, 0.05) is 30.0 Å². The van der Waals surface area contributed by atoms with Crippen molar-refractivity contribution >= 4 is 27.3 Å².